The van der Waals surface area contributed by atoms with Gasteiger partial charge in [0.05, 0.1) is 23.7 Å². The Bertz CT molecular complexity index is 2110. The Kier molecular flexibility index (Phi) is 7.29. The van der Waals surface area contributed by atoms with E-state index >= 15 is 0 Å². The third-order valence-corrected chi connectivity index (χ3v) is 9.86. The zero-order chi connectivity index (χ0) is 33.4. The van der Waals surface area contributed by atoms with Crippen molar-refractivity contribution in [3.63, 3.8) is 0 Å². The minimum absolute atomic E-state index is 0.00830. The lowest BCUT2D eigenvalue weighted by Gasteiger charge is -2.29. The Morgan fingerprint density at radius 2 is 1.70 bits per heavy atom. The number of ketones is 2. The number of hydrogen-bond acceptors (Lipinski definition) is 6. The molecule has 7 rings (SSSR count). The third kappa shape index (κ3) is 5.39. The molecule has 3 unspecified atom stereocenters. The van der Waals surface area contributed by atoms with E-state index in [4.69, 9.17) is 0 Å². The summed E-state index contributed by atoms with van der Waals surface area (Å²) >= 11 is 0. The lowest BCUT2D eigenvalue weighted by molar-refractivity contribution is -0.141. The molecule has 0 spiro atoms. The summed E-state index contributed by atoms with van der Waals surface area (Å²) in [7, 11) is 0. The molecule has 2 aliphatic carbocycles. The summed E-state index contributed by atoms with van der Waals surface area (Å²) in [6.07, 6.45) is 3.01. The topological polar surface area (TPSA) is 111 Å². The van der Waals surface area contributed by atoms with Crippen LogP contribution in [0.4, 0.5) is 19.0 Å². The second kappa shape index (κ2) is 11.1. The van der Waals surface area contributed by atoms with Crippen LogP contribution in [0.1, 0.15) is 59.1 Å². The van der Waals surface area contributed by atoms with Crippen LogP contribution in [0.25, 0.3) is 27.7 Å². The molecule has 1 amide bonds. The highest BCUT2D eigenvalue weighted by atomic mass is 19.4. The molecule has 0 radical (unpaired) electrons. The molecule has 2 saturated carbocycles. The molecule has 9 nitrogen and oxygen atoms in total. The van der Waals surface area contributed by atoms with Crippen molar-refractivity contribution < 1.29 is 27.6 Å². The van der Waals surface area contributed by atoms with Gasteiger partial charge in [0.15, 0.2) is 17.2 Å². The highest BCUT2D eigenvalue weighted by Crippen LogP contribution is 2.53. The van der Waals surface area contributed by atoms with Gasteiger partial charge in [-0.1, -0.05) is 6.07 Å². The Labute approximate surface area is 268 Å². The summed E-state index contributed by atoms with van der Waals surface area (Å²) in [6, 6.07) is 7.96. The minimum atomic E-state index is -4.65. The lowest BCUT2D eigenvalue weighted by Crippen LogP contribution is -2.39. The van der Waals surface area contributed by atoms with E-state index in [1.54, 1.807) is 28.4 Å². The van der Waals surface area contributed by atoms with Crippen molar-refractivity contribution in [2.24, 2.45) is 23.7 Å². The van der Waals surface area contributed by atoms with E-state index in [0.29, 0.717) is 22.9 Å². The van der Waals surface area contributed by atoms with Gasteiger partial charge < -0.3 is 9.88 Å². The first-order valence-corrected chi connectivity index (χ1v) is 15.6. The second-order valence-electron chi connectivity index (χ2n) is 13.0. The van der Waals surface area contributed by atoms with Crippen LogP contribution in [0.2, 0.25) is 0 Å². The Morgan fingerprint density at radius 1 is 0.957 bits per heavy atom. The zero-order valence-corrected chi connectivity index (χ0v) is 26.4. The van der Waals surface area contributed by atoms with Gasteiger partial charge in [0.2, 0.25) is 5.91 Å². The highest BCUT2D eigenvalue weighted by molar-refractivity contribution is 6.09. The average Bonchev–Trinajstić information content (AvgIpc) is 3.79. The first kappa shape index (κ1) is 30.8. The molecular weight excluding hydrogens is 609 g/mol. The van der Waals surface area contributed by atoms with Crippen LogP contribution in [0.3, 0.4) is 0 Å². The van der Waals surface area contributed by atoms with Gasteiger partial charge in [-0.25, -0.2) is 14.5 Å². The normalized spacial score (nSPS) is 20.7. The molecule has 0 aliphatic heterocycles. The summed E-state index contributed by atoms with van der Waals surface area (Å²) in [6.45, 7) is 6.86. The molecule has 2 aliphatic rings. The number of rotatable bonds is 7. The molecule has 12 heteroatoms. The number of Topliss-reactive ketones (excluding diaryl/α,β-unsaturated/α-hetero) is 2. The molecule has 4 heterocycles. The minimum Gasteiger partial charge on any atom is -0.339 e. The predicted octanol–water partition coefficient (Wildman–Crippen LogP) is 6.76. The molecule has 2 bridgehead atoms. The number of alkyl halides is 3. The standard InChI is InChI=1S/C35H33F3N6O3/c1-17-5-8-28(35(36,37)38)40-33(17)41-34(47)31-22-7-6-21(11-22)30(31)27(46)16-43-15-26(20(4)45)25-12-23(9-18(2)32(25)43)24-13-39-29-10-19(3)42-44(29)14-24/h5,8-10,12-15,21-22,30-31H,6-7,11,16H2,1-4H3,(H,40,41,47)/t21?,22?,30?,31-/m1/s1. The number of benzene rings is 1. The first-order chi connectivity index (χ1) is 22.3. The molecule has 1 N–H and O–H groups in total. The smallest absolute Gasteiger partial charge is 0.339 e. The van der Waals surface area contributed by atoms with Crippen LogP contribution >= 0.6 is 0 Å². The number of fused-ring (bicyclic) bond motifs is 4. The van der Waals surface area contributed by atoms with Crippen molar-refractivity contribution >= 4 is 39.8 Å². The highest BCUT2D eigenvalue weighted by Gasteiger charge is 2.53. The Balaban J connectivity index is 1.20. The van der Waals surface area contributed by atoms with Crippen LogP contribution in [0.5, 0.6) is 0 Å². The molecule has 4 atom stereocenters. The fourth-order valence-electron chi connectivity index (χ4n) is 7.79. The van der Waals surface area contributed by atoms with E-state index in [-0.39, 0.29) is 35.8 Å². The van der Waals surface area contributed by atoms with Gasteiger partial charge in [-0.2, -0.15) is 18.3 Å². The number of halogens is 3. The molecule has 5 aromatic rings. The maximum Gasteiger partial charge on any atom is 0.433 e. The van der Waals surface area contributed by atoms with Crippen molar-refractivity contribution in [2.45, 2.75) is 59.7 Å². The largest absolute Gasteiger partial charge is 0.433 e. The van der Waals surface area contributed by atoms with E-state index in [2.05, 4.69) is 20.4 Å². The van der Waals surface area contributed by atoms with Crippen molar-refractivity contribution in [3.05, 3.63) is 77.0 Å². The van der Waals surface area contributed by atoms with E-state index < -0.39 is 29.6 Å². The van der Waals surface area contributed by atoms with E-state index in [0.717, 1.165) is 52.5 Å². The number of nitrogens with zero attached hydrogens (tertiary/aromatic N) is 5. The van der Waals surface area contributed by atoms with Gasteiger partial charge in [0.25, 0.3) is 0 Å². The fraction of sp³-hybridized carbons (Fsp3) is 0.371. The van der Waals surface area contributed by atoms with E-state index in [1.807, 2.05) is 38.2 Å². The van der Waals surface area contributed by atoms with Gasteiger partial charge in [-0.15, -0.1) is 0 Å². The average molecular weight is 643 g/mol. The Hall–Kier alpha value is -4.87. The SMILES string of the molecule is CC(=O)c1cn(CC(=O)C2C3CCC(C3)[C@H]2C(=O)Nc2nc(C(F)(F)F)ccc2C)c2c(C)cc(-c3cnc4cc(C)nn4c3)cc12. The number of hydrogen-bond donors (Lipinski definition) is 1. The van der Waals surface area contributed by atoms with E-state index in [9.17, 15) is 27.6 Å². The fourth-order valence-corrected chi connectivity index (χ4v) is 7.79. The molecule has 2 fully saturated rings. The summed E-state index contributed by atoms with van der Waals surface area (Å²) < 4.78 is 43.5. The number of carbonyl (C=O) groups excluding carboxylic acids is 3. The third-order valence-electron chi connectivity index (χ3n) is 9.86. The van der Waals surface area contributed by atoms with Crippen LogP contribution in [-0.2, 0) is 22.3 Å². The monoisotopic (exact) mass is 642 g/mol. The molecule has 0 saturated heterocycles. The molecule has 1 aromatic carbocycles. The number of aromatic nitrogens is 5. The van der Waals surface area contributed by atoms with Gasteiger partial charge in [0.1, 0.15) is 11.5 Å². The van der Waals surface area contributed by atoms with Gasteiger partial charge >= 0.3 is 6.18 Å². The maximum atomic E-state index is 14.1. The van der Waals surface area contributed by atoms with Gasteiger partial charge in [-0.05, 0) is 93.7 Å². The molecule has 47 heavy (non-hydrogen) atoms. The summed E-state index contributed by atoms with van der Waals surface area (Å²) in [5.74, 6) is -2.20. The van der Waals surface area contributed by atoms with Crippen LogP contribution < -0.4 is 5.32 Å². The number of nitrogens with one attached hydrogen (secondary N) is 1. The number of amides is 1. The number of anilines is 1. The number of aryl methyl sites for hydroxylation is 3. The summed E-state index contributed by atoms with van der Waals surface area (Å²) in [5.41, 5.74) is 4.66. The molecule has 242 valence electrons. The van der Waals surface area contributed by atoms with Crippen LogP contribution in [0, 0.1) is 44.4 Å². The van der Waals surface area contributed by atoms with Crippen molar-refractivity contribution in [2.75, 3.05) is 5.32 Å². The first-order valence-electron chi connectivity index (χ1n) is 15.6. The summed E-state index contributed by atoms with van der Waals surface area (Å²) in [5, 5.41) is 7.80. The second-order valence-corrected chi connectivity index (χ2v) is 13.0. The quantitative estimate of drug-likeness (QED) is 0.196. The number of pyridine rings is 1. The Morgan fingerprint density at radius 3 is 2.43 bits per heavy atom. The van der Waals surface area contributed by atoms with Crippen LogP contribution in [-0.4, -0.2) is 41.6 Å². The van der Waals surface area contributed by atoms with Gasteiger partial charge in [0, 0.05) is 47.1 Å². The maximum absolute atomic E-state index is 14.1. The predicted molar refractivity (Wildman–Crippen MR) is 169 cm³/mol. The van der Waals surface area contributed by atoms with Gasteiger partial charge in [-0.3, -0.25) is 14.4 Å². The molecular formula is C35H33F3N6O3. The van der Waals surface area contributed by atoms with Crippen molar-refractivity contribution in [3.8, 4) is 11.1 Å². The summed E-state index contributed by atoms with van der Waals surface area (Å²) in [4.78, 5) is 48.8. The van der Waals surface area contributed by atoms with E-state index in [1.165, 1.54) is 13.0 Å². The zero-order valence-electron chi connectivity index (χ0n) is 26.4. The molecule has 4 aromatic heterocycles. The van der Waals surface area contributed by atoms with Crippen LogP contribution in [0.15, 0.2) is 48.9 Å². The van der Waals surface area contributed by atoms with Crippen molar-refractivity contribution in [1.29, 1.82) is 0 Å². The van der Waals surface area contributed by atoms with Crippen molar-refractivity contribution in [1.82, 2.24) is 24.1 Å². The number of carbonyl (C=O) groups is 3. The lowest BCUT2D eigenvalue weighted by atomic mass is 9.76.